The van der Waals surface area contributed by atoms with Gasteiger partial charge >= 0.3 is 5.97 Å². The molecule has 0 aliphatic rings. The number of halogens is 1. The number of carbonyl (C=O) groups is 1. The number of carboxylic acid groups (broad SMARTS) is 1. The summed E-state index contributed by atoms with van der Waals surface area (Å²) < 4.78 is 2.58. The number of hydrogen-bond acceptors (Lipinski definition) is 2. The molecule has 82 valence electrons. The molecule has 4 nitrogen and oxygen atoms in total. The smallest absolute Gasteiger partial charge is 0.372 e. The molecule has 5 heteroatoms. The first kappa shape index (κ1) is 10.9. The molecular formula is C11H9BrN2O2. The van der Waals surface area contributed by atoms with Crippen molar-refractivity contribution in [1.82, 2.24) is 9.55 Å². The van der Waals surface area contributed by atoms with E-state index in [0.717, 1.165) is 10.0 Å². The first-order valence-corrected chi connectivity index (χ1v) is 5.45. The van der Waals surface area contributed by atoms with Crippen molar-refractivity contribution >= 4 is 21.9 Å². The van der Waals surface area contributed by atoms with E-state index in [-0.39, 0.29) is 5.82 Å². The average molecular weight is 281 g/mol. The average Bonchev–Trinajstić information content (AvgIpc) is 2.66. The lowest BCUT2D eigenvalue weighted by Crippen LogP contribution is -2.09. The van der Waals surface area contributed by atoms with Gasteiger partial charge in [-0.25, -0.2) is 9.78 Å². The Bertz CT molecular complexity index is 522. The van der Waals surface area contributed by atoms with E-state index in [1.165, 1.54) is 6.20 Å². The summed E-state index contributed by atoms with van der Waals surface area (Å²) >= 11 is 3.37. The molecule has 1 aromatic heterocycles. The fourth-order valence-corrected chi connectivity index (χ4v) is 1.91. The predicted octanol–water partition coefficient (Wildman–Crippen LogP) is 2.39. The van der Waals surface area contributed by atoms with E-state index < -0.39 is 5.97 Å². The van der Waals surface area contributed by atoms with E-state index in [4.69, 9.17) is 5.11 Å². The van der Waals surface area contributed by atoms with Crippen molar-refractivity contribution < 1.29 is 9.90 Å². The molecule has 0 amide bonds. The highest BCUT2D eigenvalue weighted by Crippen LogP contribution is 2.13. The maximum atomic E-state index is 10.8. The van der Waals surface area contributed by atoms with Crippen molar-refractivity contribution in [2.24, 2.45) is 0 Å². The summed E-state index contributed by atoms with van der Waals surface area (Å²) in [5.74, 6) is -0.958. The number of nitrogens with zero attached hydrogens (tertiary/aromatic N) is 2. The number of hydrogen-bond donors (Lipinski definition) is 1. The molecule has 0 saturated carbocycles. The molecule has 0 atom stereocenters. The molecule has 1 N–H and O–H groups in total. The van der Waals surface area contributed by atoms with Gasteiger partial charge in [-0.2, -0.15) is 0 Å². The zero-order valence-electron chi connectivity index (χ0n) is 8.30. The van der Waals surface area contributed by atoms with Gasteiger partial charge in [0.1, 0.15) is 0 Å². The van der Waals surface area contributed by atoms with Crippen molar-refractivity contribution in [3.05, 3.63) is 52.5 Å². The quantitative estimate of drug-likeness (QED) is 0.939. The standard InChI is InChI=1S/C11H9BrN2O2/c12-9-3-1-2-8(6-9)7-14-5-4-13-10(14)11(15)16/h1-6H,7H2,(H,15,16). The molecule has 2 rings (SSSR count). The van der Waals surface area contributed by atoms with Crippen LogP contribution >= 0.6 is 15.9 Å². The number of benzene rings is 1. The SMILES string of the molecule is O=C(O)c1nccn1Cc1cccc(Br)c1. The van der Waals surface area contributed by atoms with Crippen LogP contribution in [0.25, 0.3) is 0 Å². The van der Waals surface area contributed by atoms with Crippen LogP contribution in [0.15, 0.2) is 41.1 Å². The predicted molar refractivity (Wildman–Crippen MR) is 62.4 cm³/mol. The van der Waals surface area contributed by atoms with Crippen LogP contribution in [0.1, 0.15) is 16.2 Å². The third-order valence-electron chi connectivity index (χ3n) is 2.15. The Morgan fingerprint density at radius 1 is 1.50 bits per heavy atom. The zero-order chi connectivity index (χ0) is 11.5. The van der Waals surface area contributed by atoms with Gasteiger partial charge < -0.3 is 9.67 Å². The minimum absolute atomic E-state index is 0.0555. The van der Waals surface area contributed by atoms with E-state index in [1.54, 1.807) is 10.8 Å². The number of carboxylic acids is 1. The van der Waals surface area contributed by atoms with Gasteiger partial charge in [0, 0.05) is 23.4 Å². The maximum absolute atomic E-state index is 10.8. The normalized spacial score (nSPS) is 10.3. The molecule has 2 aromatic rings. The summed E-state index contributed by atoms with van der Waals surface area (Å²) in [6.45, 7) is 0.501. The zero-order valence-corrected chi connectivity index (χ0v) is 9.89. The molecular weight excluding hydrogens is 272 g/mol. The minimum Gasteiger partial charge on any atom is -0.475 e. The van der Waals surface area contributed by atoms with Gasteiger partial charge in [-0.15, -0.1) is 0 Å². The Kier molecular flexibility index (Phi) is 3.05. The maximum Gasteiger partial charge on any atom is 0.372 e. The Morgan fingerprint density at radius 3 is 3.00 bits per heavy atom. The van der Waals surface area contributed by atoms with Crippen molar-refractivity contribution in [3.63, 3.8) is 0 Å². The molecule has 1 aromatic carbocycles. The summed E-state index contributed by atoms with van der Waals surface area (Å²) in [7, 11) is 0. The topological polar surface area (TPSA) is 55.1 Å². The van der Waals surface area contributed by atoms with E-state index in [1.807, 2.05) is 24.3 Å². The Morgan fingerprint density at radius 2 is 2.31 bits per heavy atom. The van der Waals surface area contributed by atoms with E-state index >= 15 is 0 Å². The van der Waals surface area contributed by atoms with Gasteiger partial charge in [-0.05, 0) is 17.7 Å². The van der Waals surface area contributed by atoms with Crippen LogP contribution in [-0.2, 0) is 6.54 Å². The molecule has 0 aliphatic heterocycles. The van der Waals surface area contributed by atoms with Crippen LogP contribution in [0.3, 0.4) is 0 Å². The fraction of sp³-hybridized carbons (Fsp3) is 0.0909. The van der Waals surface area contributed by atoms with Gasteiger partial charge in [0.25, 0.3) is 0 Å². The Labute approximate surface area is 101 Å². The first-order chi connectivity index (χ1) is 7.66. The van der Waals surface area contributed by atoms with Gasteiger partial charge in [0.2, 0.25) is 5.82 Å². The molecule has 0 bridgehead atoms. The highest BCUT2D eigenvalue weighted by Gasteiger charge is 2.10. The Hall–Kier alpha value is -1.62. The molecule has 0 radical (unpaired) electrons. The molecule has 0 fully saturated rings. The minimum atomic E-state index is -1.01. The Balaban J connectivity index is 2.27. The van der Waals surface area contributed by atoms with Gasteiger partial charge in [0.15, 0.2) is 0 Å². The third kappa shape index (κ3) is 2.30. The van der Waals surface area contributed by atoms with Gasteiger partial charge in [-0.3, -0.25) is 0 Å². The third-order valence-corrected chi connectivity index (χ3v) is 2.64. The van der Waals surface area contributed by atoms with Crippen LogP contribution in [0.2, 0.25) is 0 Å². The molecule has 1 heterocycles. The highest BCUT2D eigenvalue weighted by molar-refractivity contribution is 9.10. The van der Waals surface area contributed by atoms with Crippen LogP contribution < -0.4 is 0 Å². The summed E-state index contributed by atoms with van der Waals surface area (Å²) in [5.41, 5.74) is 1.02. The number of aromatic carboxylic acids is 1. The van der Waals surface area contributed by atoms with Crippen LogP contribution in [0.5, 0.6) is 0 Å². The van der Waals surface area contributed by atoms with E-state index in [2.05, 4.69) is 20.9 Å². The lowest BCUT2D eigenvalue weighted by molar-refractivity contribution is 0.0679. The van der Waals surface area contributed by atoms with Crippen LogP contribution in [0, 0.1) is 0 Å². The van der Waals surface area contributed by atoms with Crippen molar-refractivity contribution in [2.45, 2.75) is 6.54 Å². The monoisotopic (exact) mass is 280 g/mol. The number of rotatable bonds is 3. The second-order valence-electron chi connectivity index (χ2n) is 3.31. The molecule has 0 unspecified atom stereocenters. The van der Waals surface area contributed by atoms with Crippen LogP contribution in [-0.4, -0.2) is 20.6 Å². The summed E-state index contributed by atoms with van der Waals surface area (Å²) in [4.78, 5) is 14.6. The molecule has 0 aliphatic carbocycles. The lowest BCUT2D eigenvalue weighted by atomic mass is 10.2. The molecule has 16 heavy (non-hydrogen) atoms. The largest absolute Gasteiger partial charge is 0.475 e. The van der Waals surface area contributed by atoms with Gasteiger partial charge in [-0.1, -0.05) is 28.1 Å². The number of imidazole rings is 1. The second kappa shape index (κ2) is 4.49. The highest BCUT2D eigenvalue weighted by atomic mass is 79.9. The summed E-state index contributed by atoms with van der Waals surface area (Å²) in [5, 5.41) is 8.89. The van der Waals surface area contributed by atoms with Crippen LogP contribution in [0.4, 0.5) is 0 Å². The summed E-state index contributed by atoms with van der Waals surface area (Å²) in [6.07, 6.45) is 3.14. The fourth-order valence-electron chi connectivity index (χ4n) is 1.47. The van der Waals surface area contributed by atoms with E-state index in [9.17, 15) is 4.79 Å². The molecule has 0 spiro atoms. The number of aromatic nitrogens is 2. The van der Waals surface area contributed by atoms with Gasteiger partial charge in [0.05, 0.1) is 0 Å². The van der Waals surface area contributed by atoms with Crippen molar-refractivity contribution in [1.29, 1.82) is 0 Å². The summed E-state index contributed by atoms with van der Waals surface area (Å²) in [6, 6.07) is 7.73. The van der Waals surface area contributed by atoms with Crippen molar-refractivity contribution in [2.75, 3.05) is 0 Å². The van der Waals surface area contributed by atoms with E-state index in [0.29, 0.717) is 6.54 Å². The first-order valence-electron chi connectivity index (χ1n) is 4.65. The lowest BCUT2D eigenvalue weighted by Gasteiger charge is -2.05. The van der Waals surface area contributed by atoms with Crippen molar-refractivity contribution in [3.8, 4) is 0 Å². The molecule has 0 saturated heterocycles. The second-order valence-corrected chi connectivity index (χ2v) is 4.23.